The van der Waals surface area contributed by atoms with Gasteiger partial charge in [0.15, 0.2) is 0 Å². The van der Waals surface area contributed by atoms with Crippen LogP contribution < -0.4 is 0 Å². The van der Waals surface area contributed by atoms with Gasteiger partial charge in [0.2, 0.25) is 0 Å². The van der Waals surface area contributed by atoms with Crippen LogP contribution >= 0.6 is 0 Å². The molecule has 1 aromatic carbocycles. The summed E-state index contributed by atoms with van der Waals surface area (Å²) in [5, 5.41) is 10.5. The molecule has 2 atom stereocenters. The Morgan fingerprint density at radius 1 is 1.26 bits per heavy atom. The van der Waals surface area contributed by atoms with Crippen LogP contribution in [0.2, 0.25) is 0 Å². The molecule has 1 aromatic rings. The molecule has 4 heteroatoms. The standard InChI is InChI=1S/C15H22O4/c1-10(2)13(15(17)19-4)14(16)12-8-6-5-7-11(12)9-18-3/h5-8,10,13-14,16H,9H2,1-4H3. The average Bonchev–Trinajstić information content (AvgIpc) is 2.39. The Hall–Kier alpha value is -1.39. The second kappa shape index (κ2) is 7.26. The van der Waals surface area contributed by atoms with E-state index in [9.17, 15) is 9.90 Å². The molecule has 1 rings (SSSR count). The zero-order valence-electron chi connectivity index (χ0n) is 11.9. The Morgan fingerprint density at radius 2 is 1.89 bits per heavy atom. The first-order valence-electron chi connectivity index (χ1n) is 6.35. The van der Waals surface area contributed by atoms with Crippen LogP contribution in [0.25, 0.3) is 0 Å². The van der Waals surface area contributed by atoms with Crippen molar-refractivity contribution in [2.45, 2.75) is 26.6 Å². The van der Waals surface area contributed by atoms with E-state index in [1.54, 1.807) is 7.11 Å². The Morgan fingerprint density at radius 3 is 2.42 bits per heavy atom. The Labute approximate surface area is 114 Å². The number of carbonyl (C=O) groups is 1. The van der Waals surface area contributed by atoms with E-state index in [0.717, 1.165) is 5.56 Å². The van der Waals surface area contributed by atoms with Gasteiger partial charge in [0.25, 0.3) is 0 Å². The third-order valence-electron chi connectivity index (χ3n) is 3.21. The molecule has 19 heavy (non-hydrogen) atoms. The zero-order chi connectivity index (χ0) is 14.4. The third kappa shape index (κ3) is 3.78. The SMILES string of the molecule is COCc1ccccc1C(O)C(C(=O)OC)C(C)C. The van der Waals surface area contributed by atoms with E-state index in [1.165, 1.54) is 7.11 Å². The minimum absolute atomic E-state index is 0.0157. The predicted octanol–water partition coefficient (Wildman–Crippen LogP) is 2.31. The van der Waals surface area contributed by atoms with Crippen molar-refractivity contribution in [2.24, 2.45) is 11.8 Å². The summed E-state index contributed by atoms with van der Waals surface area (Å²) in [6.45, 7) is 4.19. The van der Waals surface area contributed by atoms with Gasteiger partial charge in [0.1, 0.15) is 0 Å². The minimum atomic E-state index is -0.890. The highest BCUT2D eigenvalue weighted by atomic mass is 16.5. The highest BCUT2D eigenvalue weighted by Crippen LogP contribution is 2.31. The van der Waals surface area contributed by atoms with Crippen LogP contribution in [-0.4, -0.2) is 25.3 Å². The van der Waals surface area contributed by atoms with Crippen molar-refractivity contribution in [3.05, 3.63) is 35.4 Å². The minimum Gasteiger partial charge on any atom is -0.469 e. The van der Waals surface area contributed by atoms with Crippen LogP contribution in [0.15, 0.2) is 24.3 Å². The number of methoxy groups -OCH3 is 2. The lowest BCUT2D eigenvalue weighted by atomic mass is 9.85. The van der Waals surface area contributed by atoms with Gasteiger partial charge in [-0.05, 0) is 17.0 Å². The molecule has 0 radical (unpaired) electrons. The van der Waals surface area contributed by atoms with Crippen molar-refractivity contribution < 1.29 is 19.4 Å². The smallest absolute Gasteiger partial charge is 0.311 e. The average molecular weight is 266 g/mol. The first-order valence-corrected chi connectivity index (χ1v) is 6.35. The lowest BCUT2D eigenvalue weighted by molar-refractivity contribution is -0.152. The topological polar surface area (TPSA) is 55.8 Å². The normalized spacial score (nSPS) is 14.2. The number of hydrogen-bond donors (Lipinski definition) is 1. The van der Waals surface area contributed by atoms with Crippen LogP contribution in [0.1, 0.15) is 31.1 Å². The van der Waals surface area contributed by atoms with Crippen LogP contribution in [0.5, 0.6) is 0 Å². The Bertz CT molecular complexity index is 414. The Kier molecular flexibility index (Phi) is 5.99. The molecule has 0 aliphatic carbocycles. The molecule has 0 saturated heterocycles. The molecule has 1 N–H and O–H groups in total. The number of rotatable bonds is 6. The molecule has 0 aliphatic heterocycles. The molecule has 0 heterocycles. The van der Waals surface area contributed by atoms with Crippen molar-refractivity contribution in [1.82, 2.24) is 0 Å². The number of carbonyl (C=O) groups excluding carboxylic acids is 1. The number of benzene rings is 1. The second-order valence-corrected chi connectivity index (χ2v) is 4.87. The first kappa shape index (κ1) is 15.7. The second-order valence-electron chi connectivity index (χ2n) is 4.87. The first-order chi connectivity index (χ1) is 9.02. The Balaban J connectivity index is 3.09. The largest absolute Gasteiger partial charge is 0.469 e. The zero-order valence-corrected chi connectivity index (χ0v) is 11.9. The number of esters is 1. The summed E-state index contributed by atoms with van der Waals surface area (Å²) < 4.78 is 9.90. The highest BCUT2D eigenvalue weighted by molar-refractivity contribution is 5.73. The summed E-state index contributed by atoms with van der Waals surface area (Å²) in [6.07, 6.45) is -0.890. The van der Waals surface area contributed by atoms with E-state index in [2.05, 4.69) is 0 Å². The van der Waals surface area contributed by atoms with Crippen LogP contribution in [0.3, 0.4) is 0 Å². The monoisotopic (exact) mass is 266 g/mol. The van der Waals surface area contributed by atoms with Crippen molar-refractivity contribution >= 4 is 5.97 Å². The van der Waals surface area contributed by atoms with E-state index < -0.39 is 18.0 Å². The molecule has 0 aliphatic rings. The molecule has 0 aromatic heterocycles. The van der Waals surface area contributed by atoms with E-state index in [4.69, 9.17) is 9.47 Å². The summed E-state index contributed by atoms with van der Waals surface area (Å²) >= 11 is 0. The van der Waals surface area contributed by atoms with Crippen molar-refractivity contribution in [3.8, 4) is 0 Å². The summed E-state index contributed by atoms with van der Waals surface area (Å²) in [5.74, 6) is -0.990. The van der Waals surface area contributed by atoms with Crippen LogP contribution in [0, 0.1) is 11.8 Å². The molecule has 2 unspecified atom stereocenters. The summed E-state index contributed by atoms with van der Waals surface area (Å²) in [7, 11) is 2.94. The van der Waals surface area contributed by atoms with Crippen molar-refractivity contribution in [1.29, 1.82) is 0 Å². The maximum absolute atomic E-state index is 11.8. The van der Waals surface area contributed by atoms with Gasteiger partial charge in [-0.1, -0.05) is 38.1 Å². The number of aliphatic hydroxyl groups excluding tert-OH is 1. The highest BCUT2D eigenvalue weighted by Gasteiger charge is 2.32. The fraction of sp³-hybridized carbons (Fsp3) is 0.533. The molecule has 0 amide bonds. The number of hydrogen-bond acceptors (Lipinski definition) is 4. The fourth-order valence-electron chi connectivity index (χ4n) is 2.20. The van der Waals surface area contributed by atoms with Gasteiger partial charge in [-0.15, -0.1) is 0 Å². The van der Waals surface area contributed by atoms with Gasteiger partial charge >= 0.3 is 5.97 Å². The lowest BCUT2D eigenvalue weighted by Crippen LogP contribution is -2.29. The van der Waals surface area contributed by atoms with Gasteiger partial charge in [0.05, 0.1) is 25.7 Å². The van der Waals surface area contributed by atoms with Gasteiger partial charge in [-0.3, -0.25) is 4.79 Å². The van der Waals surface area contributed by atoms with E-state index in [-0.39, 0.29) is 5.92 Å². The van der Waals surface area contributed by atoms with Crippen molar-refractivity contribution in [2.75, 3.05) is 14.2 Å². The maximum atomic E-state index is 11.8. The van der Waals surface area contributed by atoms with Gasteiger partial charge < -0.3 is 14.6 Å². The quantitative estimate of drug-likeness (QED) is 0.803. The molecule has 0 spiro atoms. The van der Waals surface area contributed by atoms with Gasteiger partial charge in [-0.25, -0.2) is 0 Å². The molecular weight excluding hydrogens is 244 g/mol. The van der Waals surface area contributed by atoms with Crippen molar-refractivity contribution in [3.63, 3.8) is 0 Å². The molecule has 0 saturated carbocycles. The predicted molar refractivity (Wildman–Crippen MR) is 72.5 cm³/mol. The van der Waals surface area contributed by atoms with Crippen LogP contribution in [-0.2, 0) is 20.9 Å². The number of aliphatic hydroxyl groups is 1. The molecule has 106 valence electrons. The molecule has 4 nitrogen and oxygen atoms in total. The van der Waals surface area contributed by atoms with Crippen LogP contribution in [0.4, 0.5) is 0 Å². The van der Waals surface area contributed by atoms with E-state index in [1.807, 2.05) is 38.1 Å². The fourth-order valence-corrected chi connectivity index (χ4v) is 2.20. The summed E-state index contributed by atoms with van der Waals surface area (Å²) in [6, 6.07) is 7.42. The lowest BCUT2D eigenvalue weighted by Gasteiger charge is -2.25. The van der Waals surface area contributed by atoms with Gasteiger partial charge in [0, 0.05) is 7.11 Å². The molecule has 0 bridgehead atoms. The molecule has 0 fully saturated rings. The maximum Gasteiger partial charge on any atom is 0.311 e. The van der Waals surface area contributed by atoms with E-state index in [0.29, 0.717) is 12.2 Å². The van der Waals surface area contributed by atoms with Gasteiger partial charge in [-0.2, -0.15) is 0 Å². The summed E-state index contributed by atoms with van der Waals surface area (Å²) in [4.78, 5) is 11.8. The summed E-state index contributed by atoms with van der Waals surface area (Å²) in [5.41, 5.74) is 1.60. The van der Waals surface area contributed by atoms with E-state index >= 15 is 0 Å². The number of ether oxygens (including phenoxy) is 2. The molecular formula is C15H22O4. The third-order valence-corrected chi connectivity index (χ3v) is 3.21.